The molecule has 0 N–H and O–H groups in total. The van der Waals surface area contributed by atoms with Gasteiger partial charge in [0.1, 0.15) is 18.4 Å². The van der Waals surface area contributed by atoms with Gasteiger partial charge in [0.2, 0.25) is 5.91 Å². The smallest absolute Gasteiger partial charge is 0.329 e. The van der Waals surface area contributed by atoms with Gasteiger partial charge in [0, 0.05) is 19.5 Å². The zero-order chi connectivity index (χ0) is 17.9. The highest BCUT2D eigenvalue weighted by Gasteiger charge is 2.47. The molecule has 9 heteroatoms. The SMILES string of the molecule is CCCCc1nn(CC(=O)N2CCC[C@H]2C(F)(F)F)c(=O)n1CC. The van der Waals surface area contributed by atoms with Crippen molar-refractivity contribution in [3.8, 4) is 0 Å². The Kier molecular flexibility index (Phi) is 5.71. The van der Waals surface area contributed by atoms with E-state index in [2.05, 4.69) is 5.10 Å². The predicted molar refractivity (Wildman–Crippen MR) is 81.6 cm³/mol. The van der Waals surface area contributed by atoms with Crippen molar-refractivity contribution in [3.63, 3.8) is 0 Å². The first-order valence-electron chi connectivity index (χ1n) is 8.32. The molecular weight excluding hydrogens is 325 g/mol. The maximum Gasteiger partial charge on any atom is 0.408 e. The molecule has 1 fully saturated rings. The normalized spacial score (nSPS) is 18.4. The highest BCUT2D eigenvalue weighted by Crippen LogP contribution is 2.32. The highest BCUT2D eigenvalue weighted by atomic mass is 19.4. The fourth-order valence-corrected chi connectivity index (χ4v) is 3.05. The number of aryl methyl sites for hydroxylation is 1. The third-order valence-electron chi connectivity index (χ3n) is 4.31. The molecule has 1 aliphatic heterocycles. The second-order valence-corrected chi connectivity index (χ2v) is 5.99. The van der Waals surface area contributed by atoms with Crippen LogP contribution in [0.2, 0.25) is 0 Å². The second kappa shape index (κ2) is 7.40. The molecule has 136 valence electrons. The lowest BCUT2D eigenvalue weighted by molar-refractivity contribution is -0.183. The first kappa shape index (κ1) is 18.5. The van der Waals surface area contributed by atoms with Crippen LogP contribution in [0, 0.1) is 0 Å². The number of aromatic nitrogens is 3. The monoisotopic (exact) mass is 348 g/mol. The molecule has 1 aliphatic rings. The van der Waals surface area contributed by atoms with Gasteiger partial charge in [-0.05, 0) is 26.2 Å². The molecule has 0 aromatic carbocycles. The standard InChI is InChI=1S/C15H23F3N4O2/c1-3-5-8-12-19-22(14(24)20(12)4-2)10-13(23)21-9-6-7-11(21)15(16,17)18/h11H,3-10H2,1-2H3/t11-/m0/s1. The molecular formula is C15H23F3N4O2. The summed E-state index contributed by atoms with van der Waals surface area (Å²) in [6.45, 7) is 3.85. The Hall–Kier alpha value is -1.80. The lowest BCUT2D eigenvalue weighted by Gasteiger charge is -2.26. The Morgan fingerprint density at radius 1 is 1.33 bits per heavy atom. The van der Waals surface area contributed by atoms with Gasteiger partial charge in [0.05, 0.1) is 0 Å². The van der Waals surface area contributed by atoms with Gasteiger partial charge < -0.3 is 4.90 Å². The van der Waals surface area contributed by atoms with Crippen LogP contribution < -0.4 is 5.69 Å². The van der Waals surface area contributed by atoms with E-state index in [4.69, 9.17) is 0 Å². The maximum atomic E-state index is 13.0. The first-order valence-corrected chi connectivity index (χ1v) is 8.32. The third kappa shape index (κ3) is 3.81. The van der Waals surface area contributed by atoms with Gasteiger partial charge in [-0.15, -0.1) is 0 Å². The van der Waals surface area contributed by atoms with E-state index in [-0.39, 0.29) is 13.0 Å². The summed E-state index contributed by atoms with van der Waals surface area (Å²) in [5.74, 6) is -0.134. The number of likely N-dealkylation sites (tertiary alicyclic amines) is 1. The number of carbonyl (C=O) groups is 1. The van der Waals surface area contributed by atoms with Crippen LogP contribution in [0.3, 0.4) is 0 Å². The van der Waals surface area contributed by atoms with Gasteiger partial charge in [-0.25, -0.2) is 9.48 Å². The van der Waals surface area contributed by atoms with Crippen LogP contribution in [-0.2, 0) is 24.3 Å². The average Bonchev–Trinajstić information content (AvgIpc) is 3.10. The summed E-state index contributed by atoms with van der Waals surface area (Å²) in [6, 6.07) is -1.76. The number of carbonyl (C=O) groups excluding carboxylic acids is 1. The average molecular weight is 348 g/mol. The van der Waals surface area contributed by atoms with E-state index in [1.807, 2.05) is 6.92 Å². The van der Waals surface area contributed by atoms with Gasteiger partial charge >= 0.3 is 11.9 Å². The van der Waals surface area contributed by atoms with Crippen molar-refractivity contribution in [2.24, 2.45) is 0 Å². The van der Waals surface area contributed by atoms with E-state index < -0.39 is 30.4 Å². The Bertz CT molecular complexity index is 636. The van der Waals surface area contributed by atoms with Crippen molar-refractivity contribution in [2.45, 2.75) is 71.3 Å². The summed E-state index contributed by atoms with van der Waals surface area (Å²) in [5, 5.41) is 4.16. The van der Waals surface area contributed by atoms with Crippen molar-refractivity contribution < 1.29 is 18.0 Å². The van der Waals surface area contributed by atoms with E-state index in [1.54, 1.807) is 6.92 Å². The topological polar surface area (TPSA) is 60.1 Å². The quantitative estimate of drug-likeness (QED) is 0.790. The molecule has 24 heavy (non-hydrogen) atoms. The molecule has 1 amide bonds. The lowest BCUT2D eigenvalue weighted by Crippen LogP contribution is -2.46. The minimum Gasteiger partial charge on any atom is -0.329 e. The molecule has 0 radical (unpaired) electrons. The number of unbranched alkanes of at least 4 members (excludes halogenated alkanes) is 1. The molecule has 1 saturated heterocycles. The molecule has 0 unspecified atom stereocenters. The predicted octanol–water partition coefficient (Wildman–Crippen LogP) is 1.96. The molecule has 1 atom stereocenters. The molecule has 0 aliphatic carbocycles. The summed E-state index contributed by atoms with van der Waals surface area (Å²) in [7, 11) is 0. The summed E-state index contributed by atoms with van der Waals surface area (Å²) in [5.41, 5.74) is -0.445. The van der Waals surface area contributed by atoms with Crippen molar-refractivity contribution in [1.29, 1.82) is 0 Å². The first-order chi connectivity index (χ1) is 11.3. The molecule has 2 heterocycles. The molecule has 2 rings (SSSR count). The van der Waals surface area contributed by atoms with E-state index in [1.165, 1.54) is 4.57 Å². The minimum absolute atomic E-state index is 0.0644. The number of alkyl halides is 3. The second-order valence-electron chi connectivity index (χ2n) is 5.99. The Morgan fingerprint density at radius 3 is 2.62 bits per heavy atom. The van der Waals surface area contributed by atoms with Gasteiger partial charge in [0.25, 0.3) is 0 Å². The Morgan fingerprint density at radius 2 is 2.04 bits per heavy atom. The van der Waals surface area contributed by atoms with Crippen molar-refractivity contribution in [3.05, 3.63) is 16.3 Å². The van der Waals surface area contributed by atoms with Crippen molar-refractivity contribution in [2.75, 3.05) is 6.54 Å². The van der Waals surface area contributed by atoms with Crippen molar-refractivity contribution >= 4 is 5.91 Å². The van der Waals surface area contributed by atoms with Gasteiger partial charge in [-0.2, -0.15) is 18.3 Å². The zero-order valence-corrected chi connectivity index (χ0v) is 14.0. The molecule has 1 aromatic heterocycles. The van der Waals surface area contributed by atoms with Crippen LogP contribution in [0.4, 0.5) is 13.2 Å². The van der Waals surface area contributed by atoms with Gasteiger partial charge in [-0.3, -0.25) is 9.36 Å². The Labute approximate surface area is 138 Å². The summed E-state index contributed by atoms with van der Waals surface area (Å²) in [6.07, 6.45) is -1.81. The number of hydrogen-bond acceptors (Lipinski definition) is 3. The van der Waals surface area contributed by atoms with Crippen LogP contribution in [0.5, 0.6) is 0 Å². The summed E-state index contributed by atoms with van der Waals surface area (Å²) >= 11 is 0. The van der Waals surface area contributed by atoms with E-state index in [0.717, 1.165) is 22.4 Å². The van der Waals surface area contributed by atoms with Gasteiger partial charge in [-0.1, -0.05) is 13.3 Å². The molecule has 6 nitrogen and oxygen atoms in total. The largest absolute Gasteiger partial charge is 0.408 e. The lowest BCUT2D eigenvalue weighted by atomic mass is 10.2. The third-order valence-corrected chi connectivity index (χ3v) is 4.31. The minimum atomic E-state index is -4.44. The van der Waals surface area contributed by atoms with E-state index >= 15 is 0 Å². The summed E-state index contributed by atoms with van der Waals surface area (Å²) in [4.78, 5) is 25.4. The fourth-order valence-electron chi connectivity index (χ4n) is 3.05. The maximum absolute atomic E-state index is 13.0. The number of amides is 1. The van der Waals surface area contributed by atoms with Crippen LogP contribution in [0.1, 0.15) is 45.4 Å². The number of nitrogens with zero attached hydrogens (tertiary/aromatic N) is 4. The molecule has 0 saturated carbocycles. The molecule has 0 spiro atoms. The molecule has 0 bridgehead atoms. The van der Waals surface area contributed by atoms with E-state index in [0.29, 0.717) is 25.2 Å². The van der Waals surface area contributed by atoms with Gasteiger partial charge in [0.15, 0.2) is 0 Å². The van der Waals surface area contributed by atoms with Crippen LogP contribution in [0.15, 0.2) is 4.79 Å². The fraction of sp³-hybridized carbons (Fsp3) is 0.800. The van der Waals surface area contributed by atoms with Crippen LogP contribution in [0.25, 0.3) is 0 Å². The number of halogens is 3. The Balaban J connectivity index is 2.17. The number of hydrogen-bond donors (Lipinski definition) is 0. The van der Waals surface area contributed by atoms with Crippen LogP contribution >= 0.6 is 0 Å². The number of rotatable bonds is 6. The van der Waals surface area contributed by atoms with Crippen LogP contribution in [-0.4, -0.2) is 43.9 Å². The zero-order valence-electron chi connectivity index (χ0n) is 14.0. The molecule has 1 aromatic rings. The highest BCUT2D eigenvalue weighted by molar-refractivity contribution is 5.76. The summed E-state index contributed by atoms with van der Waals surface area (Å²) < 4.78 is 41.4. The van der Waals surface area contributed by atoms with Crippen molar-refractivity contribution in [1.82, 2.24) is 19.2 Å². The van der Waals surface area contributed by atoms with E-state index in [9.17, 15) is 22.8 Å².